The third-order valence-electron chi connectivity index (χ3n) is 4.59. The summed E-state index contributed by atoms with van der Waals surface area (Å²) < 4.78 is 6.19. The maximum absolute atomic E-state index is 11.6. The maximum Gasteiger partial charge on any atom is 0.377 e. The van der Waals surface area contributed by atoms with E-state index in [9.17, 15) is 9.59 Å². The van der Waals surface area contributed by atoms with Crippen LogP contribution in [-0.4, -0.2) is 30.2 Å². The van der Waals surface area contributed by atoms with Gasteiger partial charge in [0.25, 0.3) is 5.78 Å². The first kappa shape index (κ1) is 17.4. The van der Waals surface area contributed by atoms with E-state index in [1.54, 1.807) is 6.07 Å². The van der Waals surface area contributed by atoms with Crippen molar-refractivity contribution in [1.82, 2.24) is 4.98 Å². The second-order valence-corrected chi connectivity index (χ2v) is 12.1. The second-order valence-electron chi connectivity index (χ2n) is 7.27. The monoisotopic (exact) mass is 333 g/mol. The highest BCUT2D eigenvalue weighted by molar-refractivity contribution is 6.74. The van der Waals surface area contributed by atoms with E-state index in [0.29, 0.717) is 12.0 Å². The lowest BCUT2D eigenvalue weighted by molar-refractivity contribution is -0.131. The molecule has 2 aromatic rings. The Morgan fingerprint density at radius 3 is 2.48 bits per heavy atom. The number of hydrogen-bond donors (Lipinski definition) is 2. The largest absolute Gasteiger partial charge is 0.475 e. The highest BCUT2D eigenvalue weighted by Gasteiger charge is 2.37. The standard InChI is InChI=1S/C17H23NO4Si/c1-17(2,3)23(4,5)22-10-11-6-7-12-13(15(19)16(20)21)9-18-14(12)8-11/h6-9,18H,10H2,1-5H3,(H,20,21). The Morgan fingerprint density at radius 2 is 1.91 bits per heavy atom. The zero-order valence-electron chi connectivity index (χ0n) is 14.2. The van der Waals surface area contributed by atoms with Crippen LogP contribution in [0, 0.1) is 0 Å². The molecule has 0 atom stereocenters. The summed E-state index contributed by atoms with van der Waals surface area (Å²) in [5.74, 6) is -2.35. The first-order valence-corrected chi connectivity index (χ1v) is 10.5. The number of H-pyrrole nitrogens is 1. The van der Waals surface area contributed by atoms with Gasteiger partial charge in [-0.15, -0.1) is 0 Å². The molecule has 0 amide bonds. The number of benzene rings is 1. The molecular formula is C17H23NO4Si. The maximum atomic E-state index is 11.6. The topological polar surface area (TPSA) is 79.4 Å². The Balaban J connectivity index is 2.23. The zero-order valence-corrected chi connectivity index (χ0v) is 15.2. The van der Waals surface area contributed by atoms with Crippen molar-refractivity contribution in [3.63, 3.8) is 0 Å². The van der Waals surface area contributed by atoms with Crippen LogP contribution in [0.5, 0.6) is 0 Å². The predicted molar refractivity (Wildman–Crippen MR) is 92.3 cm³/mol. The van der Waals surface area contributed by atoms with Gasteiger partial charge in [0.1, 0.15) is 0 Å². The number of ketones is 1. The molecule has 1 aromatic carbocycles. The smallest absolute Gasteiger partial charge is 0.377 e. The summed E-state index contributed by atoms with van der Waals surface area (Å²) >= 11 is 0. The van der Waals surface area contributed by atoms with Crippen molar-refractivity contribution in [2.24, 2.45) is 0 Å². The minimum Gasteiger partial charge on any atom is -0.475 e. The van der Waals surface area contributed by atoms with Crippen molar-refractivity contribution in [2.45, 2.75) is 45.5 Å². The Hall–Kier alpha value is -1.92. The quantitative estimate of drug-likeness (QED) is 0.493. The van der Waals surface area contributed by atoms with E-state index in [2.05, 4.69) is 38.8 Å². The fourth-order valence-electron chi connectivity index (χ4n) is 2.05. The van der Waals surface area contributed by atoms with Gasteiger partial charge < -0.3 is 14.5 Å². The number of nitrogens with one attached hydrogen (secondary N) is 1. The highest BCUT2D eigenvalue weighted by Crippen LogP contribution is 2.37. The number of rotatable bonds is 5. The van der Waals surface area contributed by atoms with Gasteiger partial charge in [0.05, 0.1) is 12.2 Å². The van der Waals surface area contributed by atoms with Gasteiger partial charge in [-0.25, -0.2) is 4.79 Å². The van der Waals surface area contributed by atoms with Gasteiger partial charge in [0.15, 0.2) is 8.32 Å². The number of hydrogen-bond acceptors (Lipinski definition) is 3. The van der Waals surface area contributed by atoms with Crippen molar-refractivity contribution in [3.8, 4) is 0 Å². The lowest BCUT2D eigenvalue weighted by atomic mass is 10.1. The van der Waals surface area contributed by atoms with E-state index in [1.807, 2.05) is 12.1 Å². The fraction of sp³-hybridized carbons (Fsp3) is 0.412. The van der Waals surface area contributed by atoms with Crippen LogP contribution in [0.25, 0.3) is 10.9 Å². The normalized spacial score (nSPS) is 12.6. The number of aromatic nitrogens is 1. The van der Waals surface area contributed by atoms with Crippen molar-refractivity contribution in [2.75, 3.05) is 0 Å². The van der Waals surface area contributed by atoms with Crippen LogP contribution >= 0.6 is 0 Å². The van der Waals surface area contributed by atoms with E-state index in [0.717, 1.165) is 11.1 Å². The molecular weight excluding hydrogens is 310 g/mol. The van der Waals surface area contributed by atoms with Crippen LogP contribution in [0.15, 0.2) is 24.4 Å². The molecule has 6 heteroatoms. The lowest BCUT2D eigenvalue weighted by Crippen LogP contribution is -2.40. The SMILES string of the molecule is CC(C)(C)[Si](C)(C)OCc1ccc2c(C(=O)C(=O)O)c[nH]c2c1. The summed E-state index contributed by atoms with van der Waals surface area (Å²) in [7, 11) is -1.82. The Bertz CT molecular complexity index is 756. The number of fused-ring (bicyclic) bond motifs is 1. The highest BCUT2D eigenvalue weighted by atomic mass is 28.4. The van der Waals surface area contributed by atoms with E-state index in [1.165, 1.54) is 6.20 Å². The van der Waals surface area contributed by atoms with Crippen molar-refractivity contribution in [3.05, 3.63) is 35.5 Å². The number of aromatic amines is 1. The van der Waals surface area contributed by atoms with Gasteiger partial charge in [-0.3, -0.25) is 4.79 Å². The number of carbonyl (C=O) groups is 2. The second kappa shape index (κ2) is 5.94. The molecule has 5 nitrogen and oxygen atoms in total. The molecule has 0 aliphatic rings. The molecule has 1 heterocycles. The molecule has 124 valence electrons. The Labute approximate surface area is 136 Å². The molecule has 0 aliphatic carbocycles. The zero-order chi connectivity index (χ0) is 17.4. The van der Waals surface area contributed by atoms with E-state index in [4.69, 9.17) is 9.53 Å². The number of Topliss-reactive ketones (excluding diaryl/α,β-unsaturated/α-hetero) is 1. The van der Waals surface area contributed by atoms with Gasteiger partial charge in [-0.1, -0.05) is 32.9 Å². The van der Waals surface area contributed by atoms with Crippen LogP contribution < -0.4 is 0 Å². The third-order valence-corrected chi connectivity index (χ3v) is 9.07. The molecule has 0 spiro atoms. The third kappa shape index (κ3) is 3.54. The lowest BCUT2D eigenvalue weighted by Gasteiger charge is -2.36. The summed E-state index contributed by atoms with van der Waals surface area (Å²) in [4.78, 5) is 25.4. The molecule has 2 N–H and O–H groups in total. The first-order valence-electron chi connectivity index (χ1n) is 7.54. The minimum atomic E-state index is -1.82. The summed E-state index contributed by atoms with van der Waals surface area (Å²) in [5.41, 5.74) is 1.92. The van der Waals surface area contributed by atoms with Gasteiger partial charge in [0.2, 0.25) is 0 Å². The number of carbonyl (C=O) groups excluding carboxylic acids is 1. The first-order chi connectivity index (χ1) is 10.5. The van der Waals surface area contributed by atoms with Crippen LogP contribution in [-0.2, 0) is 15.8 Å². The van der Waals surface area contributed by atoms with Gasteiger partial charge in [-0.05, 0) is 29.8 Å². The van der Waals surface area contributed by atoms with Crippen molar-refractivity contribution >= 4 is 31.0 Å². The number of aliphatic carboxylic acids is 1. The van der Waals surface area contributed by atoms with Crippen LogP contribution in [0.2, 0.25) is 18.1 Å². The molecule has 23 heavy (non-hydrogen) atoms. The molecule has 0 saturated carbocycles. The molecule has 0 saturated heterocycles. The van der Waals surface area contributed by atoms with Gasteiger partial charge in [0, 0.05) is 17.1 Å². The summed E-state index contributed by atoms with van der Waals surface area (Å²) in [5, 5.41) is 9.60. The fourth-order valence-corrected chi connectivity index (χ4v) is 3.01. The van der Waals surface area contributed by atoms with E-state index >= 15 is 0 Å². The predicted octanol–water partition coefficient (Wildman–Crippen LogP) is 3.96. The van der Waals surface area contributed by atoms with Gasteiger partial charge >= 0.3 is 5.97 Å². The Kier molecular flexibility index (Phi) is 4.50. The molecule has 0 fully saturated rings. The number of carboxylic acid groups (broad SMARTS) is 1. The summed E-state index contributed by atoms with van der Waals surface area (Å²) in [6, 6.07) is 5.55. The minimum absolute atomic E-state index is 0.143. The molecule has 0 radical (unpaired) electrons. The average Bonchev–Trinajstić information content (AvgIpc) is 2.86. The molecule has 1 aromatic heterocycles. The molecule has 0 aliphatic heterocycles. The van der Waals surface area contributed by atoms with Gasteiger partial charge in [-0.2, -0.15) is 0 Å². The van der Waals surface area contributed by atoms with Crippen molar-refractivity contribution in [1.29, 1.82) is 0 Å². The molecule has 2 rings (SSSR count). The van der Waals surface area contributed by atoms with Crippen LogP contribution in [0.3, 0.4) is 0 Å². The summed E-state index contributed by atoms with van der Waals surface area (Å²) in [6.07, 6.45) is 1.44. The average molecular weight is 333 g/mol. The Morgan fingerprint density at radius 1 is 1.26 bits per heavy atom. The van der Waals surface area contributed by atoms with Crippen LogP contribution in [0.4, 0.5) is 0 Å². The molecule has 0 bridgehead atoms. The molecule has 0 unspecified atom stereocenters. The van der Waals surface area contributed by atoms with E-state index < -0.39 is 20.1 Å². The van der Waals surface area contributed by atoms with Crippen molar-refractivity contribution < 1.29 is 19.1 Å². The summed E-state index contributed by atoms with van der Waals surface area (Å²) in [6.45, 7) is 11.5. The van der Waals surface area contributed by atoms with E-state index in [-0.39, 0.29) is 10.6 Å². The number of carboxylic acids is 1. The van der Waals surface area contributed by atoms with Crippen LogP contribution in [0.1, 0.15) is 36.7 Å².